The Bertz CT molecular complexity index is 841. The fourth-order valence-electron chi connectivity index (χ4n) is 5.57. The molecule has 1 amide bonds. The number of rotatable bonds is 7. The molecule has 1 heterocycles. The smallest absolute Gasteiger partial charge is 0.408 e. The van der Waals surface area contributed by atoms with E-state index in [2.05, 4.69) is 20.5 Å². The summed E-state index contributed by atoms with van der Waals surface area (Å²) in [6.07, 6.45) is 1.20. The van der Waals surface area contributed by atoms with Gasteiger partial charge < -0.3 is 20.3 Å². The molecule has 166 valence electrons. The van der Waals surface area contributed by atoms with Crippen molar-refractivity contribution in [3.05, 3.63) is 6.33 Å². The summed E-state index contributed by atoms with van der Waals surface area (Å²) in [6.45, 7) is 8.67. The summed E-state index contributed by atoms with van der Waals surface area (Å²) in [5.74, 6) is -4.16. The Morgan fingerprint density at radius 2 is 1.97 bits per heavy atom. The first kappa shape index (κ1) is 22.4. The first-order valence-corrected chi connectivity index (χ1v) is 10.8. The van der Waals surface area contributed by atoms with Crippen molar-refractivity contribution >= 4 is 29.8 Å². The van der Waals surface area contributed by atoms with Crippen LogP contribution in [0.15, 0.2) is 11.5 Å². The number of thioether (sulfide) groups is 1. The number of nitrogens with zero attached hydrogens (tertiary/aromatic N) is 2. The molecule has 3 rings (SSSR count). The normalized spacial score (nSPS) is 34.8. The summed E-state index contributed by atoms with van der Waals surface area (Å²) < 4.78 is 5.36. The van der Waals surface area contributed by atoms with Gasteiger partial charge in [-0.1, -0.05) is 25.6 Å². The highest BCUT2D eigenvalue weighted by atomic mass is 32.2. The molecular weight excluding hydrogens is 412 g/mol. The number of nitrogens with one attached hydrogen (secondary N) is 2. The van der Waals surface area contributed by atoms with Crippen molar-refractivity contribution in [1.82, 2.24) is 20.5 Å². The molecule has 11 heteroatoms. The van der Waals surface area contributed by atoms with E-state index >= 15 is 0 Å². The minimum absolute atomic E-state index is 0.292. The van der Waals surface area contributed by atoms with E-state index in [4.69, 9.17) is 4.74 Å². The number of hydrogen-bond donors (Lipinski definition) is 4. The van der Waals surface area contributed by atoms with E-state index < -0.39 is 52.3 Å². The molecule has 30 heavy (non-hydrogen) atoms. The zero-order chi connectivity index (χ0) is 22.5. The summed E-state index contributed by atoms with van der Waals surface area (Å²) in [5.41, 5.74) is -3.73. The van der Waals surface area contributed by atoms with Gasteiger partial charge in [0.15, 0.2) is 10.7 Å². The van der Waals surface area contributed by atoms with Gasteiger partial charge in [-0.25, -0.2) is 14.6 Å². The van der Waals surface area contributed by atoms with Crippen molar-refractivity contribution in [2.45, 2.75) is 69.0 Å². The highest BCUT2D eigenvalue weighted by Crippen LogP contribution is 2.78. The average molecular weight is 441 g/mol. The third kappa shape index (κ3) is 3.14. The monoisotopic (exact) mass is 440 g/mol. The van der Waals surface area contributed by atoms with Gasteiger partial charge in [0.25, 0.3) is 0 Å². The van der Waals surface area contributed by atoms with Gasteiger partial charge in [0.05, 0.1) is 5.92 Å². The number of alkyl carbamates (subject to hydrolysis) is 1. The average Bonchev–Trinajstić information content (AvgIpc) is 2.92. The molecule has 0 spiro atoms. The quantitative estimate of drug-likeness (QED) is 0.500. The first-order valence-electron chi connectivity index (χ1n) is 9.95. The lowest BCUT2D eigenvalue weighted by Crippen LogP contribution is -2.65. The van der Waals surface area contributed by atoms with Gasteiger partial charge in [-0.05, 0) is 39.5 Å². The summed E-state index contributed by atoms with van der Waals surface area (Å²) in [5, 5.41) is 29.7. The van der Waals surface area contributed by atoms with E-state index in [1.165, 1.54) is 18.1 Å². The van der Waals surface area contributed by atoms with Crippen molar-refractivity contribution in [3.8, 4) is 0 Å². The van der Waals surface area contributed by atoms with Crippen molar-refractivity contribution in [1.29, 1.82) is 0 Å². The van der Waals surface area contributed by atoms with E-state index in [-0.39, 0.29) is 5.25 Å². The molecule has 2 fully saturated rings. The Balaban J connectivity index is 2.10. The molecule has 0 bridgehead atoms. The standard InChI is InChI=1S/C19H28N4O6S/c1-6-9-12(30-15-20-8-21-23-15)10-11(13(24)25)18(10,7-2)19(9,14(26)27)22-16(28)29-17(3,4)5/h8-12H,6-7H2,1-5H3,(H,22,28)(H,24,25)(H,26,27)(H,20,21,23)/t9?,10-,11-,12+,18-,19+/m0/s1. The zero-order valence-electron chi connectivity index (χ0n) is 17.6. The number of fused-ring (bicyclic) bond motifs is 1. The lowest BCUT2D eigenvalue weighted by molar-refractivity contribution is -0.153. The van der Waals surface area contributed by atoms with Crippen LogP contribution in [0.3, 0.4) is 0 Å². The van der Waals surface area contributed by atoms with Crippen LogP contribution in [0.1, 0.15) is 47.5 Å². The predicted molar refractivity (Wildman–Crippen MR) is 107 cm³/mol. The number of amides is 1. The highest BCUT2D eigenvalue weighted by molar-refractivity contribution is 7.99. The van der Waals surface area contributed by atoms with Gasteiger partial charge in [-0.3, -0.25) is 9.89 Å². The summed E-state index contributed by atoms with van der Waals surface area (Å²) in [7, 11) is 0. The number of carboxylic acid groups (broad SMARTS) is 2. The first-order chi connectivity index (χ1) is 14.0. The molecule has 2 aliphatic carbocycles. The van der Waals surface area contributed by atoms with Gasteiger partial charge in [-0.2, -0.15) is 5.10 Å². The van der Waals surface area contributed by atoms with E-state index in [1.54, 1.807) is 27.7 Å². The van der Waals surface area contributed by atoms with Crippen LogP contribution in [-0.4, -0.2) is 59.8 Å². The van der Waals surface area contributed by atoms with Crippen molar-refractivity contribution in [3.63, 3.8) is 0 Å². The fraction of sp³-hybridized carbons (Fsp3) is 0.737. The molecule has 0 aromatic carbocycles. The molecule has 0 radical (unpaired) electrons. The Hall–Kier alpha value is -2.30. The van der Waals surface area contributed by atoms with Crippen LogP contribution in [0.25, 0.3) is 0 Å². The van der Waals surface area contributed by atoms with E-state index in [0.717, 1.165) is 0 Å². The number of carbonyl (C=O) groups is 3. The van der Waals surface area contributed by atoms with Gasteiger partial charge in [0, 0.05) is 16.6 Å². The lowest BCUT2D eigenvalue weighted by atomic mass is 9.70. The van der Waals surface area contributed by atoms with Crippen LogP contribution in [0.5, 0.6) is 0 Å². The van der Waals surface area contributed by atoms with Crippen LogP contribution < -0.4 is 5.32 Å². The lowest BCUT2D eigenvalue weighted by Gasteiger charge is -2.42. The topological polar surface area (TPSA) is 154 Å². The number of aliphatic carboxylic acids is 2. The van der Waals surface area contributed by atoms with Crippen LogP contribution in [0, 0.1) is 23.2 Å². The summed E-state index contributed by atoms with van der Waals surface area (Å²) in [4.78, 5) is 41.8. The third-order valence-corrected chi connectivity index (χ3v) is 7.72. The van der Waals surface area contributed by atoms with E-state index in [1.807, 2.05) is 6.92 Å². The molecule has 0 saturated heterocycles. The minimum atomic E-state index is -1.77. The maximum Gasteiger partial charge on any atom is 0.408 e. The largest absolute Gasteiger partial charge is 0.481 e. The molecule has 10 nitrogen and oxygen atoms in total. The summed E-state index contributed by atoms with van der Waals surface area (Å²) >= 11 is 1.29. The Morgan fingerprint density at radius 1 is 1.30 bits per heavy atom. The molecular formula is C19H28N4O6S. The minimum Gasteiger partial charge on any atom is -0.481 e. The van der Waals surface area contributed by atoms with Crippen LogP contribution in [0.2, 0.25) is 0 Å². The van der Waals surface area contributed by atoms with Crippen molar-refractivity contribution in [2.24, 2.45) is 23.2 Å². The zero-order valence-corrected chi connectivity index (χ0v) is 18.4. The number of hydrogen-bond acceptors (Lipinski definition) is 7. The number of carboxylic acids is 2. The second-order valence-electron chi connectivity index (χ2n) is 8.86. The Morgan fingerprint density at radius 3 is 2.40 bits per heavy atom. The molecule has 1 unspecified atom stereocenters. The van der Waals surface area contributed by atoms with E-state index in [0.29, 0.717) is 18.0 Å². The number of aromatic amines is 1. The Labute approximate surface area is 178 Å². The van der Waals surface area contributed by atoms with Gasteiger partial charge in [0.2, 0.25) is 0 Å². The molecule has 1 aromatic heterocycles. The van der Waals surface area contributed by atoms with Crippen LogP contribution >= 0.6 is 11.8 Å². The fourth-order valence-corrected chi connectivity index (χ4v) is 7.15. The van der Waals surface area contributed by atoms with Crippen LogP contribution in [0.4, 0.5) is 4.79 Å². The van der Waals surface area contributed by atoms with Gasteiger partial charge in [0.1, 0.15) is 11.9 Å². The number of ether oxygens (including phenoxy) is 1. The van der Waals surface area contributed by atoms with Crippen LogP contribution in [-0.2, 0) is 14.3 Å². The molecule has 6 atom stereocenters. The van der Waals surface area contributed by atoms with Gasteiger partial charge in [-0.15, -0.1) is 0 Å². The van der Waals surface area contributed by atoms with E-state index in [9.17, 15) is 24.6 Å². The highest BCUT2D eigenvalue weighted by Gasteiger charge is 2.88. The molecule has 0 aliphatic heterocycles. The molecule has 2 aliphatic rings. The van der Waals surface area contributed by atoms with Crippen molar-refractivity contribution < 1.29 is 29.3 Å². The third-order valence-electron chi connectivity index (χ3n) is 6.41. The molecule has 1 aromatic rings. The maximum atomic E-state index is 12.8. The second-order valence-corrected chi connectivity index (χ2v) is 10.0. The molecule has 4 N–H and O–H groups in total. The SMILES string of the molecule is CCC1[C@@H](Sc2ncn[nH]2)[C@@H]2[C@@H](C(=O)O)[C@@]2(CC)[C@]1(NC(=O)OC(C)(C)C)C(=O)O. The number of aromatic nitrogens is 3. The molecule has 2 saturated carbocycles. The maximum absolute atomic E-state index is 12.8. The Kier molecular flexibility index (Phi) is 5.55. The summed E-state index contributed by atoms with van der Waals surface area (Å²) in [6, 6.07) is 0. The number of H-pyrrole nitrogens is 1. The second kappa shape index (κ2) is 7.44. The number of carbonyl (C=O) groups excluding carboxylic acids is 1. The van der Waals surface area contributed by atoms with Crippen molar-refractivity contribution in [2.75, 3.05) is 0 Å². The van der Waals surface area contributed by atoms with Gasteiger partial charge >= 0.3 is 18.0 Å². The predicted octanol–water partition coefficient (Wildman–Crippen LogP) is 2.38.